The Labute approximate surface area is 145 Å². The van der Waals surface area contributed by atoms with Crippen molar-refractivity contribution in [3.63, 3.8) is 0 Å². The Morgan fingerprint density at radius 2 is 2.22 bits per heavy atom. The van der Waals surface area contributed by atoms with Gasteiger partial charge in [-0.25, -0.2) is 4.98 Å². The standard InChI is InChI=1S/C16H14N2O2S3/c19-10(12-6-3-7-21-12)8-22-16-17-14(20)13-9-4-1-2-5-11(9)23-15(13)18-16/h3,6-7H,1-2,4-5,8H2,(H,17,18,20). The molecule has 0 saturated heterocycles. The van der Waals surface area contributed by atoms with Crippen molar-refractivity contribution in [1.82, 2.24) is 9.97 Å². The van der Waals surface area contributed by atoms with Crippen molar-refractivity contribution < 1.29 is 4.79 Å². The third-order valence-electron chi connectivity index (χ3n) is 3.94. The van der Waals surface area contributed by atoms with E-state index in [0.29, 0.717) is 10.9 Å². The summed E-state index contributed by atoms with van der Waals surface area (Å²) in [6.45, 7) is 0. The molecule has 4 rings (SSSR count). The lowest BCUT2D eigenvalue weighted by molar-refractivity contribution is 0.102. The van der Waals surface area contributed by atoms with Gasteiger partial charge in [0.25, 0.3) is 5.56 Å². The second-order valence-corrected chi connectivity index (χ2v) is 8.45. The first-order valence-electron chi connectivity index (χ1n) is 7.46. The minimum absolute atomic E-state index is 0.0678. The summed E-state index contributed by atoms with van der Waals surface area (Å²) in [5.74, 6) is 0.360. The minimum atomic E-state index is -0.0690. The lowest BCUT2D eigenvalue weighted by Crippen LogP contribution is -2.11. The van der Waals surface area contributed by atoms with Gasteiger partial charge in [0.05, 0.1) is 16.0 Å². The van der Waals surface area contributed by atoms with Crippen LogP contribution in [0.4, 0.5) is 0 Å². The summed E-state index contributed by atoms with van der Waals surface area (Å²) in [7, 11) is 0. The van der Waals surface area contributed by atoms with E-state index in [9.17, 15) is 9.59 Å². The molecule has 0 bridgehead atoms. The highest BCUT2D eigenvalue weighted by atomic mass is 32.2. The number of aryl methyl sites for hydroxylation is 2. The normalized spacial score (nSPS) is 14.1. The molecule has 1 aliphatic rings. The number of ketones is 1. The molecule has 0 atom stereocenters. The van der Waals surface area contributed by atoms with E-state index >= 15 is 0 Å². The summed E-state index contributed by atoms with van der Waals surface area (Å²) < 4.78 is 0. The van der Waals surface area contributed by atoms with Crippen LogP contribution in [0.1, 0.15) is 33.0 Å². The molecule has 0 amide bonds. The number of nitrogens with zero attached hydrogens (tertiary/aromatic N) is 1. The van der Waals surface area contributed by atoms with Gasteiger partial charge in [-0.1, -0.05) is 17.8 Å². The van der Waals surface area contributed by atoms with E-state index in [1.807, 2.05) is 17.5 Å². The molecular formula is C16H14N2O2S3. The molecule has 1 aliphatic carbocycles. The number of carbonyl (C=O) groups is 1. The molecular weight excluding hydrogens is 348 g/mol. The van der Waals surface area contributed by atoms with Crippen LogP contribution >= 0.6 is 34.4 Å². The Kier molecular flexibility index (Phi) is 4.09. The van der Waals surface area contributed by atoms with Gasteiger partial charge >= 0.3 is 0 Å². The lowest BCUT2D eigenvalue weighted by atomic mass is 9.97. The van der Waals surface area contributed by atoms with Gasteiger partial charge in [-0.2, -0.15) is 0 Å². The third-order valence-corrected chi connectivity index (χ3v) is 6.91. The Morgan fingerprint density at radius 1 is 1.35 bits per heavy atom. The van der Waals surface area contributed by atoms with Gasteiger partial charge in [0.15, 0.2) is 10.9 Å². The zero-order valence-electron chi connectivity index (χ0n) is 12.3. The third kappa shape index (κ3) is 2.88. The van der Waals surface area contributed by atoms with Crippen LogP contribution in [0.2, 0.25) is 0 Å². The average molecular weight is 363 g/mol. The molecule has 0 aliphatic heterocycles. The fourth-order valence-electron chi connectivity index (χ4n) is 2.85. The molecule has 23 heavy (non-hydrogen) atoms. The largest absolute Gasteiger partial charge is 0.301 e. The molecule has 0 unspecified atom stereocenters. The molecule has 0 radical (unpaired) electrons. The molecule has 118 valence electrons. The number of hydrogen-bond acceptors (Lipinski definition) is 6. The van der Waals surface area contributed by atoms with Gasteiger partial charge in [-0.05, 0) is 42.7 Å². The van der Waals surface area contributed by atoms with Crippen LogP contribution in [0.3, 0.4) is 0 Å². The Bertz CT molecular complexity index is 925. The number of aromatic nitrogens is 2. The van der Waals surface area contributed by atoms with E-state index < -0.39 is 0 Å². The smallest absolute Gasteiger partial charge is 0.260 e. The van der Waals surface area contributed by atoms with Gasteiger partial charge in [-0.15, -0.1) is 22.7 Å². The molecule has 7 heteroatoms. The maximum Gasteiger partial charge on any atom is 0.260 e. The van der Waals surface area contributed by atoms with Crippen molar-refractivity contribution >= 4 is 50.4 Å². The Morgan fingerprint density at radius 3 is 3.04 bits per heavy atom. The van der Waals surface area contributed by atoms with Crippen molar-refractivity contribution in [3.05, 3.63) is 43.2 Å². The fourth-order valence-corrected chi connectivity index (χ4v) is 5.67. The van der Waals surface area contributed by atoms with E-state index in [1.54, 1.807) is 11.3 Å². The molecule has 3 aromatic rings. The number of thioether (sulfide) groups is 1. The molecule has 3 aromatic heterocycles. The highest BCUT2D eigenvalue weighted by Gasteiger charge is 2.20. The van der Waals surface area contributed by atoms with Crippen molar-refractivity contribution in [2.45, 2.75) is 30.8 Å². The zero-order chi connectivity index (χ0) is 15.8. The first-order chi connectivity index (χ1) is 11.2. The summed E-state index contributed by atoms with van der Waals surface area (Å²) in [4.78, 5) is 34.8. The van der Waals surface area contributed by atoms with Crippen LogP contribution in [0.25, 0.3) is 10.2 Å². The molecule has 0 fully saturated rings. The highest BCUT2D eigenvalue weighted by molar-refractivity contribution is 7.99. The summed E-state index contributed by atoms with van der Waals surface area (Å²) in [5.41, 5.74) is 1.12. The Hall–Kier alpha value is -1.44. The van der Waals surface area contributed by atoms with Gasteiger partial charge in [0.1, 0.15) is 4.83 Å². The molecule has 4 nitrogen and oxygen atoms in total. The van der Waals surface area contributed by atoms with Gasteiger partial charge < -0.3 is 4.98 Å². The first-order valence-corrected chi connectivity index (χ1v) is 10.1. The highest BCUT2D eigenvalue weighted by Crippen LogP contribution is 2.34. The molecule has 0 aromatic carbocycles. The summed E-state index contributed by atoms with van der Waals surface area (Å²) in [6, 6.07) is 3.69. The summed E-state index contributed by atoms with van der Waals surface area (Å²) in [5, 5.41) is 3.19. The Balaban J connectivity index is 1.61. The van der Waals surface area contributed by atoms with E-state index in [1.165, 1.54) is 40.0 Å². The van der Waals surface area contributed by atoms with Crippen molar-refractivity contribution in [2.24, 2.45) is 0 Å². The molecule has 1 N–H and O–H groups in total. The minimum Gasteiger partial charge on any atom is -0.301 e. The molecule has 0 saturated carbocycles. The van der Waals surface area contributed by atoms with Crippen LogP contribution < -0.4 is 5.56 Å². The number of Topliss-reactive ketones (excluding diaryl/α,β-unsaturated/α-hetero) is 1. The number of aromatic amines is 1. The van der Waals surface area contributed by atoms with Gasteiger partial charge in [-0.3, -0.25) is 9.59 Å². The number of carbonyl (C=O) groups excluding carboxylic acids is 1. The van der Waals surface area contributed by atoms with Crippen molar-refractivity contribution in [1.29, 1.82) is 0 Å². The van der Waals surface area contributed by atoms with Crippen LogP contribution in [0, 0.1) is 0 Å². The van der Waals surface area contributed by atoms with E-state index in [-0.39, 0.29) is 11.3 Å². The average Bonchev–Trinajstić information content (AvgIpc) is 3.19. The van der Waals surface area contributed by atoms with Gasteiger partial charge in [0, 0.05) is 4.88 Å². The second-order valence-electron chi connectivity index (χ2n) is 5.45. The predicted molar refractivity (Wildman–Crippen MR) is 96.3 cm³/mol. The maximum absolute atomic E-state index is 12.4. The number of nitrogens with one attached hydrogen (secondary N) is 1. The number of H-pyrrole nitrogens is 1. The summed E-state index contributed by atoms with van der Waals surface area (Å²) in [6.07, 6.45) is 4.36. The van der Waals surface area contributed by atoms with E-state index in [2.05, 4.69) is 9.97 Å². The monoisotopic (exact) mass is 362 g/mol. The van der Waals surface area contributed by atoms with Crippen LogP contribution in [0.5, 0.6) is 0 Å². The fraction of sp³-hybridized carbons (Fsp3) is 0.312. The molecule has 3 heterocycles. The number of hydrogen-bond donors (Lipinski definition) is 1. The zero-order valence-corrected chi connectivity index (χ0v) is 14.7. The quantitative estimate of drug-likeness (QED) is 0.434. The van der Waals surface area contributed by atoms with E-state index in [4.69, 9.17) is 0 Å². The first kappa shape index (κ1) is 15.1. The molecule has 0 spiro atoms. The lowest BCUT2D eigenvalue weighted by Gasteiger charge is -2.09. The van der Waals surface area contributed by atoms with Crippen LogP contribution in [-0.2, 0) is 12.8 Å². The number of thiophene rings is 2. The maximum atomic E-state index is 12.4. The second kappa shape index (κ2) is 6.22. The SMILES string of the molecule is O=C(CSc1nc2sc3c(c2c(=O)[nH]1)CCCC3)c1cccs1. The van der Waals surface area contributed by atoms with Crippen molar-refractivity contribution in [2.75, 3.05) is 5.75 Å². The topological polar surface area (TPSA) is 62.8 Å². The van der Waals surface area contributed by atoms with Gasteiger partial charge in [0.2, 0.25) is 0 Å². The number of fused-ring (bicyclic) bond motifs is 3. The predicted octanol–water partition coefficient (Wildman–Crippen LogP) is 3.90. The number of rotatable bonds is 4. The van der Waals surface area contributed by atoms with E-state index in [0.717, 1.165) is 34.4 Å². The van der Waals surface area contributed by atoms with Crippen LogP contribution in [-0.4, -0.2) is 21.5 Å². The van der Waals surface area contributed by atoms with Crippen molar-refractivity contribution in [3.8, 4) is 0 Å². The van der Waals surface area contributed by atoms with Crippen LogP contribution in [0.15, 0.2) is 27.5 Å². The summed E-state index contributed by atoms with van der Waals surface area (Å²) >= 11 is 4.37.